The molecule has 0 aliphatic carbocycles. The third-order valence-electron chi connectivity index (χ3n) is 2.78. The van der Waals surface area contributed by atoms with Gasteiger partial charge in [0.25, 0.3) is 0 Å². The standard InChI is InChI=1S/C13H15ClN2/c1-3-13-15-6-7-16(13)12-5-4-11(9-14)10(2)8-12/h4-8H,3,9H2,1-2H3. The van der Waals surface area contributed by atoms with Crippen molar-refractivity contribution in [3.63, 3.8) is 0 Å². The molecule has 0 aliphatic heterocycles. The number of aromatic nitrogens is 2. The molecule has 0 amide bonds. The average molecular weight is 235 g/mol. The number of aryl methyl sites for hydroxylation is 2. The van der Waals surface area contributed by atoms with Crippen LogP contribution in [-0.4, -0.2) is 9.55 Å². The van der Waals surface area contributed by atoms with Crippen molar-refractivity contribution >= 4 is 11.6 Å². The summed E-state index contributed by atoms with van der Waals surface area (Å²) >= 11 is 5.85. The first kappa shape index (κ1) is 11.2. The largest absolute Gasteiger partial charge is 0.304 e. The van der Waals surface area contributed by atoms with E-state index in [2.05, 4.69) is 41.6 Å². The molecule has 0 aliphatic rings. The van der Waals surface area contributed by atoms with Crippen molar-refractivity contribution in [1.82, 2.24) is 9.55 Å². The van der Waals surface area contributed by atoms with E-state index in [-0.39, 0.29) is 0 Å². The molecule has 3 heteroatoms. The van der Waals surface area contributed by atoms with Crippen LogP contribution in [-0.2, 0) is 12.3 Å². The molecule has 0 bridgehead atoms. The Morgan fingerprint density at radius 3 is 2.81 bits per heavy atom. The molecule has 2 nitrogen and oxygen atoms in total. The lowest BCUT2D eigenvalue weighted by Gasteiger charge is -2.09. The minimum absolute atomic E-state index is 0.566. The van der Waals surface area contributed by atoms with E-state index in [1.54, 1.807) is 0 Å². The second-order valence-corrected chi connectivity index (χ2v) is 4.08. The second kappa shape index (κ2) is 4.71. The van der Waals surface area contributed by atoms with Gasteiger partial charge in [0.2, 0.25) is 0 Å². The van der Waals surface area contributed by atoms with Crippen molar-refractivity contribution in [3.05, 3.63) is 47.5 Å². The van der Waals surface area contributed by atoms with Crippen molar-refractivity contribution in [2.45, 2.75) is 26.1 Å². The highest BCUT2D eigenvalue weighted by molar-refractivity contribution is 6.17. The molecule has 0 radical (unpaired) electrons. The van der Waals surface area contributed by atoms with E-state index in [1.165, 1.54) is 11.1 Å². The van der Waals surface area contributed by atoms with Crippen LogP contribution in [0.1, 0.15) is 23.9 Å². The highest BCUT2D eigenvalue weighted by Gasteiger charge is 2.04. The van der Waals surface area contributed by atoms with Crippen LogP contribution in [0.25, 0.3) is 5.69 Å². The predicted molar refractivity (Wildman–Crippen MR) is 67.2 cm³/mol. The molecule has 2 rings (SSSR count). The zero-order chi connectivity index (χ0) is 11.5. The van der Waals surface area contributed by atoms with Gasteiger partial charge in [-0.2, -0.15) is 0 Å². The fourth-order valence-electron chi connectivity index (χ4n) is 1.81. The van der Waals surface area contributed by atoms with E-state index in [1.807, 2.05) is 12.4 Å². The van der Waals surface area contributed by atoms with Gasteiger partial charge in [-0.25, -0.2) is 4.98 Å². The van der Waals surface area contributed by atoms with Gasteiger partial charge in [0.05, 0.1) is 0 Å². The first-order chi connectivity index (χ1) is 7.76. The quantitative estimate of drug-likeness (QED) is 0.744. The molecule has 2 aromatic rings. The third-order valence-corrected chi connectivity index (χ3v) is 3.07. The summed E-state index contributed by atoms with van der Waals surface area (Å²) in [6.45, 7) is 4.20. The number of halogens is 1. The molecule has 0 unspecified atom stereocenters. The summed E-state index contributed by atoms with van der Waals surface area (Å²) in [6.07, 6.45) is 4.76. The zero-order valence-corrected chi connectivity index (χ0v) is 10.3. The molecular formula is C13H15ClN2. The molecule has 1 aromatic heterocycles. The zero-order valence-electron chi connectivity index (χ0n) is 9.57. The highest BCUT2D eigenvalue weighted by Crippen LogP contribution is 2.17. The molecular weight excluding hydrogens is 220 g/mol. The Balaban J connectivity index is 2.45. The summed E-state index contributed by atoms with van der Waals surface area (Å²) in [7, 11) is 0. The van der Waals surface area contributed by atoms with E-state index in [9.17, 15) is 0 Å². The van der Waals surface area contributed by atoms with Crippen LogP contribution in [0.4, 0.5) is 0 Å². The van der Waals surface area contributed by atoms with Crippen LogP contribution < -0.4 is 0 Å². The first-order valence-corrected chi connectivity index (χ1v) is 5.97. The molecule has 84 valence electrons. The van der Waals surface area contributed by atoms with E-state index in [0.717, 1.165) is 17.9 Å². The van der Waals surface area contributed by atoms with Crippen LogP contribution in [0.5, 0.6) is 0 Å². The topological polar surface area (TPSA) is 17.8 Å². The number of hydrogen-bond donors (Lipinski definition) is 0. The van der Waals surface area contributed by atoms with Crippen molar-refractivity contribution in [1.29, 1.82) is 0 Å². The summed E-state index contributed by atoms with van der Waals surface area (Å²) < 4.78 is 2.12. The number of imidazole rings is 1. The lowest BCUT2D eigenvalue weighted by atomic mass is 10.1. The molecule has 16 heavy (non-hydrogen) atoms. The summed E-state index contributed by atoms with van der Waals surface area (Å²) in [6, 6.07) is 6.32. The first-order valence-electron chi connectivity index (χ1n) is 5.44. The van der Waals surface area contributed by atoms with Crippen molar-refractivity contribution in [2.24, 2.45) is 0 Å². The van der Waals surface area contributed by atoms with Gasteiger partial charge in [0, 0.05) is 30.4 Å². The third kappa shape index (κ3) is 1.98. The number of hydrogen-bond acceptors (Lipinski definition) is 1. The van der Waals surface area contributed by atoms with Gasteiger partial charge >= 0.3 is 0 Å². The van der Waals surface area contributed by atoms with Crippen LogP contribution in [0, 0.1) is 6.92 Å². The van der Waals surface area contributed by atoms with Crippen molar-refractivity contribution in [3.8, 4) is 5.69 Å². The lowest BCUT2D eigenvalue weighted by molar-refractivity contribution is 0.889. The molecule has 0 atom stereocenters. The van der Waals surface area contributed by atoms with E-state index >= 15 is 0 Å². The van der Waals surface area contributed by atoms with Crippen LogP contribution in [0.15, 0.2) is 30.6 Å². The number of alkyl halides is 1. The molecule has 0 saturated carbocycles. The summed E-state index contributed by atoms with van der Waals surface area (Å²) in [5.41, 5.74) is 3.56. The summed E-state index contributed by atoms with van der Waals surface area (Å²) in [4.78, 5) is 4.32. The van der Waals surface area contributed by atoms with Crippen molar-refractivity contribution < 1.29 is 0 Å². The summed E-state index contributed by atoms with van der Waals surface area (Å²) in [5.74, 6) is 1.65. The maximum absolute atomic E-state index is 5.85. The minimum atomic E-state index is 0.566. The van der Waals surface area contributed by atoms with Crippen LogP contribution in [0.2, 0.25) is 0 Å². The highest BCUT2D eigenvalue weighted by atomic mass is 35.5. The van der Waals surface area contributed by atoms with Gasteiger partial charge in [0.1, 0.15) is 5.82 Å². The number of benzene rings is 1. The van der Waals surface area contributed by atoms with Gasteiger partial charge in [-0.3, -0.25) is 0 Å². The molecule has 0 fully saturated rings. The Bertz CT molecular complexity index is 488. The Kier molecular flexibility index (Phi) is 3.30. The van der Waals surface area contributed by atoms with Crippen molar-refractivity contribution in [2.75, 3.05) is 0 Å². The average Bonchev–Trinajstić information content (AvgIpc) is 2.77. The van der Waals surface area contributed by atoms with Gasteiger partial charge < -0.3 is 4.57 Å². The smallest absolute Gasteiger partial charge is 0.112 e. The Morgan fingerprint density at radius 2 is 2.19 bits per heavy atom. The maximum atomic E-state index is 5.85. The molecule has 0 saturated heterocycles. The Hall–Kier alpha value is -1.28. The molecule has 0 spiro atoms. The SMILES string of the molecule is CCc1nccn1-c1ccc(CCl)c(C)c1. The normalized spacial score (nSPS) is 10.7. The van der Waals surface area contributed by atoms with Gasteiger partial charge in [0.15, 0.2) is 0 Å². The van der Waals surface area contributed by atoms with Gasteiger partial charge in [-0.05, 0) is 30.2 Å². The number of rotatable bonds is 3. The number of nitrogens with zero attached hydrogens (tertiary/aromatic N) is 2. The predicted octanol–water partition coefficient (Wildman–Crippen LogP) is 3.48. The fraction of sp³-hybridized carbons (Fsp3) is 0.308. The molecule has 0 N–H and O–H groups in total. The molecule has 1 aromatic carbocycles. The van der Waals surface area contributed by atoms with E-state index in [4.69, 9.17) is 11.6 Å². The lowest BCUT2D eigenvalue weighted by Crippen LogP contribution is -2.00. The Morgan fingerprint density at radius 1 is 1.38 bits per heavy atom. The maximum Gasteiger partial charge on any atom is 0.112 e. The fourth-order valence-corrected chi connectivity index (χ4v) is 2.11. The van der Waals surface area contributed by atoms with Crippen LogP contribution >= 0.6 is 11.6 Å². The summed E-state index contributed by atoms with van der Waals surface area (Å²) in [5, 5.41) is 0. The monoisotopic (exact) mass is 234 g/mol. The van der Waals surface area contributed by atoms with Gasteiger partial charge in [-0.15, -0.1) is 11.6 Å². The van der Waals surface area contributed by atoms with E-state index < -0.39 is 0 Å². The minimum Gasteiger partial charge on any atom is -0.304 e. The second-order valence-electron chi connectivity index (χ2n) is 3.81. The van der Waals surface area contributed by atoms with Gasteiger partial charge in [-0.1, -0.05) is 13.0 Å². The van der Waals surface area contributed by atoms with Crippen LogP contribution in [0.3, 0.4) is 0 Å². The molecule has 1 heterocycles. The van der Waals surface area contributed by atoms with E-state index in [0.29, 0.717) is 5.88 Å². The Labute approximate surface area is 101 Å².